The van der Waals surface area contributed by atoms with Crippen molar-refractivity contribution < 1.29 is 13.6 Å². The third kappa shape index (κ3) is 2.19. The number of halogens is 1. The highest BCUT2D eigenvalue weighted by molar-refractivity contribution is 5.92. The van der Waals surface area contributed by atoms with Gasteiger partial charge in [0, 0.05) is 45.2 Å². The van der Waals surface area contributed by atoms with Gasteiger partial charge in [-0.2, -0.15) is 0 Å². The van der Waals surface area contributed by atoms with Gasteiger partial charge in [-0.25, -0.2) is 9.37 Å². The summed E-state index contributed by atoms with van der Waals surface area (Å²) in [6, 6.07) is 2.94. The maximum atomic E-state index is 14.1. The van der Waals surface area contributed by atoms with Crippen LogP contribution in [-0.2, 0) is 0 Å². The number of aromatic nitrogens is 1. The average molecular weight is 263 g/mol. The van der Waals surface area contributed by atoms with Crippen LogP contribution in [0.5, 0.6) is 0 Å². The summed E-state index contributed by atoms with van der Waals surface area (Å²) < 4.78 is 19.4. The van der Waals surface area contributed by atoms with E-state index in [1.54, 1.807) is 6.07 Å². The number of carbonyl (C=O) groups is 1. The zero-order valence-electron chi connectivity index (χ0n) is 10.6. The molecule has 6 heteroatoms. The van der Waals surface area contributed by atoms with Crippen molar-refractivity contribution >= 4 is 22.6 Å². The van der Waals surface area contributed by atoms with Crippen LogP contribution < -0.4 is 10.2 Å². The number of oxazole rings is 1. The van der Waals surface area contributed by atoms with Gasteiger partial charge in [0.2, 0.25) is 5.78 Å². The van der Waals surface area contributed by atoms with Crippen LogP contribution in [-0.4, -0.2) is 36.9 Å². The summed E-state index contributed by atoms with van der Waals surface area (Å²) in [7, 11) is 0. The van der Waals surface area contributed by atoms with E-state index in [-0.39, 0.29) is 17.5 Å². The van der Waals surface area contributed by atoms with Crippen LogP contribution >= 0.6 is 0 Å². The van der Waals surface area contributed by atoms with Crippen LogP contribution in [0.15, 0.2) is 16.5 Å². The molecule has 19 heavy (non-hydrogen) atoms. The molecule has 0 bridgehead atoms. The Balaban J connectivity index is 2.04. The number of benzene rings is 1. The van der Waals surface area contributed by atoms with Crippen molar-refractivity contribution in [3.05, 3.63) is 23.8 Å². The molecule has 0 atom stereocenters. The molecule has 1 aliphatic rings. The highest BCUT2D eigenvalue weighted by atomic mass is 19.1. The molecule has 100 valence electrons. The van der Waals surface area contributed by atoms with Gasteiger partial charge < -0.3 is 14.6 Å². The van der Waals surface area contributed by atoms with Gasteiger partial charge in [-0.3, -0.25) is 4.79 Å². The lowest BCUT2D eigenvalue weighted by Gasteiger charge is -2.29. The maximum absolute atomic E-state index is 14.1. The summed E-state index contributed by atoms with van der Waals surface area (Å²) in [6.07, 6.45) is 0. The van der Waals surface area contributed by atoms with E-state index in [0.29, 0.717) is 16.8 Å². The van der Waals surface area contributed by atoms with E-state index in [9.17, 15) is 9.18 Å². The van der Waals surface area contributed by atoms with Gasteiger partial charge in [-0.15, -0.1) is 0 Å². The fourth-order valence-electron chi connectivity index (χ4n) is 2.24. The predicted octanol–water partition coefficient (Wildman–Crippen LogP) is 1.58. The van der Waals surface area contributed by atoms with E-state index in [1.807, 2.05) is 4.90 Å². The second-order valence-corrected chi connectivity index (χ2v) is 4.58. The zero-order chi connectivity index (χ0) is 13.4. The largest absolute Gasteiger partial charge is 0.434 e. The SMILES string of the molecule is CC(=O)c1nc2cc(F)c(N3CCNCC3)cc2o1. The molecule has 2 aromatic rings. The van der Waals surface area contributed by atoms with E-state index >= 15 is 0 Å². The third-order valence-electron chi connectivity index (χ3n) is 3.22. The average Bonchev–Trinajstić information content (AvgIpc) is 2.82. The highest BCUT2D eigenvalue weighted by Crippen LogP contribution is 2.27. The summed E-state index contributed by atoms with van der Waals surface area (Å²) in [6.45, 7) is 4.52. The maximum Gasteiger partial charge on any atom is 0.263 e. The molecule has 2 heterocycles. The summed E-state index contributed by atoms with van der Waals surface area (Å²) in [4.78, 5) is 17.1. The Labute approximate surface area is 109 Å². The van der Waals surface area contributed by atoms with E-state index in [2.05, 4.69) is 10.3 Å². The minimum atomic E-state index is -0.335. The van der Waals surface area contributed by atoms with Crippen LogP contribution in [0.25, 0.3) is 11.1 Å². The summed E-state index contributed by atoms with van der Waals surface area (Å²) in [5.41, 5.74) is 1.32. The van der Waals surface area contributed by atoms with Crippen LogP contribution in [0.4, 0.5) is 10.1 Å². The summed E-state index contributed by atoms with van der Waals surface area (Å²) in [5.74, 6) is -0.579. The number of nitrogens with zero attached hydrogens (tertiary/aromatic N) is 2. The standard InChI is InChI=1S/C13H14FN3O2/c1-8(18)13-16-10-6-9(14)11(7-12(10)19-13)17-4-2-15-3-5-17/h6-7,15H,2-5H2,1H3. The number of rotatable bonds is 2. The predicted molar refractivity (Wildman–Crippen MR) is 69.1 cm³/mol. The Hall–Kier alpha value is -1.95. The molecule has 1 aliphatic heterocycles. The number of ketones is 1. The van der Waals surface area contributed by atoms with E-state index in [1.165, 1.54) is 13.0 Å². The first kappa shape index (κ1) is 12.1. The molecule has 1 fully saturated rings. The number of carbonyl (C=O) groups excluding carboxylic acids is 1. The molecule has 0 radical (unpaired) electrons. The molecule has 0 aliphatic carbocycles. The number of hydrogen-bond acceptors (Lipinski definition) is 5. The van der Waals surface area contributed by atoms with Crippen molar-refractivity contribution in [1.29, 1.82) is 0 Å². The Morgan fingerprint density at radius 2 is 2.16 bits per heavy atom. The van der Waals surface area contributed by atoms with Gasteiger partial charge in [-0.05, 0) is 0 Å². The number of anilines is 1. The molecule has 1 aromatic carbocycles. The smallest absolute Gasteiger partial charge is 0.263 e. The first-order valence-corrected chi connectivity index (χ1v) is 6.22. The molecule has 0 saturated carbocycles. The van der Waals surface area contributed by atoms with Crippen LogP contribution in [0, 0.1) is 5.82 Å². The monoisotopic (exact) mass is 263 g/mol. The molecule has 3 rings (SSSR count). The van der Waals surface area contributed by atoms with Gasteiger partial charge in [-0.1, -0.05) is 0 Å². The van der Waals surface area contributed by atoms with Crippen molar-refractivity contribution in [3.8, 4) is 0 Å². The second-order valence-electron chi connectivity index (χ2n) is 4.58. The molecular weight excluding hydrogens is 249 g/mol. The summed E-state index contributed by atoms with van der Waals surface area (Å²) in [5, 5.41) is 3.22. The Morgan fingerprint density at radius 3 is 2.84 bits per heavy atom. The summed E-state index contributed by atoms with van der Waals surface area (Å²) >= 11 is 0. The normalized spacial score (nSPS) is 16.0. The molecule has 0 spiro atoms. The van der Waals surface area contributed by atoms with E-state index in [4.69, 9.17) is 4.42 Å². The lowest BCUT2D eigenvalue weighted by Crippen LogP contribution is -2.43. The number of hydrogen-bond donors (Lipinski definition) is 1. The fraction of sp³-hybridized carbons (Fsp3) is 0.385. The van der Waals surface area contributed by atoms with Gasteiger partial charge >= 0.3 is 0 Å². The van der Waals surface area contributed by atoms with Crippen LogP contribution in [0.2, 0.25) is 0 Å². The third-order valence-corrected chi connectivity index (χ3v) is 3.22. The lowest BCUT2D eigenvalue weighted by atomic mass is 10.2. The molecule has 0 unspecified atom stereocenters. The molecule has 0 amide bonds. The molecule has 1 aromatic heterocycles. The molecule has 1 N–H and O–H groups in total. The van der Waals surface area contributed by atoms with Crippen molar-refractivity contribution in [2.45, 2.75) is 6.92 Å². The zero-order valence-corrected chi connectivity index (χ0v) is 10.6. The van der Waals surface area contributed by atoms with Gasteiger partial charge in [0.25, 0.3) is 5.89 Å². The van der Waals surface area contributed by atoms with Crippen molar-refractivity contribution in [1.82, 2.24) is 10.3 Å². The highest BCUT2D eigenvalue weighted by Gasteiger charge is 2.18. The number of Topliss-reactive ketones (excluding diaryl/α,β-unsaturated/α-hetero) is 1. The number of piperazine rings is 1. The van der Waals surface area contributed by atoms with Gasteiger partial charge in [0.15, 0.2) is 5.58 Å². The molecule has 5 nitrogen and oxygen atoms in total. The van der Waals surface area contributed by atoms with Crippen LogP contribution in [0.1, 0.15) is 17.6 Å². The van der Waals surface area contributed by atoms with E-state index in [0.717, 1.165) is 26.2 Å². The van der Waals surface area contributed by atoms with Crippen molar-refractivity contribution in [2.24, 2.45) is 0 Å². The number of fused-ring (bicyclic) bond motifs is 1. The second kappa shape index (κ2) is 4.62. The Bertz CT molecular complexity index is 632. The number of nitrogens with one attached hydrogen (secondary N) is 1. The first-order chi connectivity index (χ1) is 9.15. The van der Waals surface area contributed by atoms with E-state index < -0.39 is 0 Å². The minimum absolute atomic E-state index is 0.0202. The lowest BCUT2D eigenvalue weighted by molar-refractivity contribution is 0.0983. The van der Waals surface area contributed by atoms with Gasteiger partial charge in [0.1, 0.15) is 11.3 Å². The first-order valence-electron chi connectivity index (χ1n) is 6.22. The van der Waals surface area contributed by atoms with Crippen LogP contribution in [0.3, 0.4) is 0 Å². The van der Waals surface area contributed by atoms with Crippen molar-refractivity contribution in [3.63, 3.8) is 0 Å². The molecule has 1 saturated heterocycles. The topological polar surface area (TPSA) is 58.4 Å². The minimum Gasteiger partial charge on any atom is -0.434 e. The fourth-order valence-corrected chi connectivity index (χ4v) is 2.24. The quantitative estimate of drug-likeness (QED) is 0.834. The Morgan fingerprint density at radius 1 is 1.42 bits per heavy atom. The van der Waals surface area contributed by atoms with Crippen molar-refractivity contribution in [2.75, 3.05) is 31.1 Å². The molecular formula is C13H14FN3O2. The Kier molecular flexibility index (Phi) is 2.94. The van der Waals surface area contributed by atoms with Gasteiger partial charge in [0.05, 0.1) is 5.69 Å².